The van der Waals surface area contributed by atoms with Crippen molar-refractivity contribution in [3.63, 3.8) is 0 Å². The average molecular weight is 405 g/mol. The van der Waals surface area contributed by atoms with Gasteiger partial charge in [-0.3, -0.25) is 4.79 Å². The normalized spacial score (nSPS) is 11.8. The fraction of sp³-hybridized carbons (Fsp3) is 0.222. The fourth-order valence-electron chi connectivity index (χ4n) is 2.19. The maximum absolute atomic E-state index is 12.3. The Bertz CT molecular complexity index is 917. The van der Waals surface area contributed by atoms with Crippen LogP contribution in [0.3, 0.4) is 0 Å². The summed E-state index contributed by atoms with van der Waals surface area (Å²) in [5, 5.41) is 10.9. The molecule has 1 N–H and O–H groups in total. The third-order valence-corrected chi connectivity index (χ3v) is 4.86. The second-order valence-electron chi connectivity index (χ2n) is 5.58. The summed E-state index contributed by atoms with van der Waals surface area (Å²) in [6, 6.07) is 11.0. The quantitative estimate of drug-likeness (QED) is 0.472. The molecule has 3 aromatic rings. The Morgan fingerprint density at radius 2 is 2.07 bits per heavy atom. The third-order valence-electron chi connectivity index (χ3n) is 3.63. The van der Waals surface area contributed by atoms with Gasteiger partial charge in [-0.15, -0.1) is 10.2 Å². The number of halogens is 1. The van der Waals surface area contributed by atoms with Gasteiger partial charge in [-0.25, -0.2) is 4.98 Å². The number of aromatic nitrogens is 3. The van der Waals surface area contributed by atoms with Crippen molar-refractivity contribution in [2.24, 2.45) is 0 Å². The molecule has 0 saturated heterocycles. The number of nitrogens with one attached hydrogen (secondary N) is 1. The van der Waals surface area contributed by atoms with Crippen molar-refractivity contribution in [1.82, 2.24) is 15.2 Å². The Balaban J connectivity index is 1.57. The highest BCUT2D eigenvalue weighted by Gasteiger charge is 2.19. The zero-order valence-corrected chi connectivity index (χ0v) is 16.3. The van der Waals surface area contributed by atoms with Gasteiger partial charge in [-0.2, -0.15) is 0 Å². The van der Waals surface area contributed by atoms with E-state index in [1.807, 2.05) is 24.3 Å². The standard InChI is InChI=1S/C18H17ClN4O3S/c1-11(17(24)21-14-4-3-9-20-16(14)19)27-18-23-22-15(26-18)10-12-5-7-13(25-2)8-6-12/h3-9,11H,10H2,1-2H3,(H,21,24)/t11-/m1/s1. The van der Waals surface area contributed by atoms with Crippen LogP contribution in [0.1, 0.15) is 18.4 Å². The topological polar surface area (TPSA) is 90.1 Å². The monoisotopic (exact) mass is 404 g/mol. The summed E-state index contributed by atoms with van der Waals surface area (Å²) < 4.78 is 10.8. The van der Waals surface area contributed by atoms with Gasteiger partial charge in [0.15, 0.2) is 5.15 Å². The lowest BCUT2D eigenvalue weighted by Gasteiger charge is -2.10. The predicted molar refractivity (Wildman–Crippen MR) is 103 cm³/mol. The second-order valence-corrected chi connectivity index (χ2v) is 7.23. The molecule has 2 heterocycles. The van der Waals surface area contributed by atoms with Crippen molar-refractivity contribution in [1.29, 1.82) is 0 Å². The van der Waals surface area contributed by atoms with Gasteiger partial charge in [0.25, 0.3) is 5.22 Å². The lowest BCUT2D eigenvalue weighted by molar-refractivity contribution is -0.115. The van der Waals surface area contributed by atoms with Crippen molar-refractivity contribution in [2.45, 2.75) is 23.8 Å². The van der Waals surface area contributed by atoms with E-state index in [-0.39, 0.29) is 11.1 Å². The lowest BCUT2D eigenvalue weighted by atomic mass is 10.1. The molecule has 1 atom stereocenters. The number of methoxy groups -OCH3 is 1. The van der Waals surface area contributed by atoms with Crippen molar-refractivity contribution in [3.05, 3.63) is 59.2 Å². The molecule has 1 aromatic carbocycles. The number of nitrogens with zero attached hydrogens (tertiary/aromatic N) is 3. The SMILES string of the molecule is COc1ccc(Cc2nnc(S[C@H](C)C(=O)Nc3cccnc3Cl)o2)cc1. The van der Waals surface area contributed by atoms with Crippen LogP contribution in [0, 0.1) is 0 Å². The highest BCUT2D eigenvalue weighted by molar-refractivity contribution is 8.00. The van der Waals surface area contributed by atoms with Crippen molar-refractivity contribution >= 4 is 35.0 Å². The van der Waals surface area contributed by atoms with Gasteiger partial charge >= 0.3 is 0 Å². The first kappa shape index (κ1) is 19.2. The first-order valence-corrected chi connectivity index (χ1v) is 9.34. The average Bonchev–Trinajstić information content (AvgIpc) is 3.11. The van der Waals surface area contributed by atoms with Gasteiger partial charge in [-0.1, -0.05) is 35.5 Å². The zero-order valence-electron chi connectivity index (χ0n) is 14.7. The zero-order chi connectivity index (χ0) is 19.2. The molecule has 0 fully saturated rings. The molecule has 140 valence electrons. The summed E-state index contributed by atoms with van der Waals surface area (Å²) in [6.07, 6.45) is 2.06. The molecule has 2 aromatic heterocycles. The Morgan fingerprint density at radius 1 is 1.30 bits per heavy atom. The summed E-state index contributed by atoms with van der Waals surface area (Å²) in [4.78, 5) is 16.2. The number of hydrogen-bond donors (Lipinski definition) is 1. The molecular formula is C18H17ClN4O3S. The smallest absolute Gasteiger partial charge is 0.277 e. The van der Waals surface area contributed by atoms with E-state index in [2.05, 4.69) is 20.5 Å². The van der Waals surface area contributed by atoms with E-state index < -0.39 is 5.25 Å². The van der Waals surface area contributed by atoms with Crippen LogP contribution in [0.15, 0.2) is 52.2 Å². The van der Waals surface area contributed by atoms with E-state index in [1.165, 1.54) is 11.8 Å². The number of amides is 1. The molecule has 0 bridgehead atoms. The minimum atomic E-state index is -0.449. The first-order valence-electron chi connectivity index (χ1n) is 8.08. The Kier molecular flexibility index (Phi) is 6.31. The largest absolute Gasteiger partial charge is 0.497 e. The molecule has 1 amide bonds. The number of ether oxygens (including phenoxy) is 1. The van der Waals surface area contributed by atoms with Crippen molar-refractivity contribution in [2.75, 3.05) is 12.4 Å². The van der Waals surface area contributed by atoms with Gasteiger partial charge in [0.1, 0.15) is 5.75 Å². The molecule has 7 nitrogen and oxygen atoms in total. The molecule has 27 heavy (non-hydrogen) atoms. The molecule has 3 rings (SSSR count). The van der Waals surface area contributed by atoms with Crippen LogP contribution in [0.4, 0.5) is 5.69 Å². The predicted octanol–water partition coefficient (Wildman–Crippen LogP) is 3.84. The summed E-state index contributed by atoms with van der Waals surface area (Å²) in [6.45, 7) is 1.75. The van der Waals surface area contributed by atoms with Crippen LogP contribution in [-0.2, 0) is 11.2 Å². The van der Waals surface area contributed by atoms with E-state index in [1.54, 1.807) is 32.4 Å². The van der Waals surface area contributed by atoms with Crippen LogP contribution in [-0.4, -0.2) is 33.4 Å². The van der Waals surface area contributed by atoms with Crippen LogP contribution in [0.2, 0.25) is 5.15 Å². The summed E-state index contributed by atoms with van der Waals surface area (Å²) in [5.41, 5.74) is 1.48. The van der Waals surface area contributed by atoms with Crippen LogP contribution < -0.4 is 10.1 Å². The van der Waals surface area contributed by atoms with Crippen molar-refractivity contribution in [3.8, 4) is 5.75 Å². The van der Waals surface area contributed by atoms with Gasteiger partial charge in [0.05, 0.1) is 24.5 Å². The molecule has 0 aliphatic rings. The molecular weight excluding hydrogens is 388 g/mol. The van der Waals surface area contributed by atoms with Crippen LogP contribution >= 0.6 is 23.4 Å². The van der Waals surface area contributed by atoms with Crippen LogP contribution in [0.5, 0.6) is 5.75 Å². The number of thioether (sulfide) groups is 1. The number of hydrogen-bond acceptors (Lipinski definition) is 7. The Labute approximate surface area is 165 Å². The minimum Gasteiger partial charge on any atom is -0.497 e. The van der Waals surface area contributed by atoms with E-state index in [9.17, 15) is 4.79 Å². The molecule has 9 heteroatoms. The third kappa shape index (κ3) is 5.21. The van der Waals surface area contributed by atoms with Gasteiger partial charge in [0, 0.05) is 6.20 Å². The maximum Gasteiger partial charge on any atom is 0.277 e. The fourth-order valence-corrected chi connectivity index (χ4v) is 3.06. The van der Waals surface area contributed by atoms with Gasteiger partial charge in [0.2, 0.25) is 11.8 Å². The summed E-state index contributed by atoms with van der Waals surface area (Å²) in [7, 11) is 1.62. The summed E-state index contributed by atoms with van der Waals surface area (Å²) in [5.74, 6) is 1.03. The van der Waals surface area contributed by atoms with Crippen LogP contribution in [0.25, 0.3) is 0 Å². The molecule has 0 aliphatic heterocycles. The molecule has 0 unspecified atom stereocenters. The lowest BCUT2D eigenvalue weighted by Crippen LogP contribution is -2.22. The van der Waals surface area contributed by atoms with Gasteiger partial charge in [-0.05, 0) is 36.8 Å². The Morgan fingerprint density at radius 3 is 2.78 bits per heavy atom. The van der Waals surface area contributed by atoms with Gasteiger partial charge < -0.3 is 14.5 Å². The summed E-state index contributed by atoms with van der Waals surface area (Å²) >= 11 is 7.13. The highest BCUT2D eigenvalue weighted by Crippen LogP contribution is 2.25. The maximum atomic E-state index is 12.3. The van der Waals surface area contributed by atoms with E-state index in [0.717, 1.165) is 11.3 Å². The van der Waals surface area contributed by atoms with Crippen molar-refractivity contribution < 1.29 is 13.9 Å². The Hall–Kier alpha value is -2.58. The number of carbonyl (C=O) groups excluding carboxylic acids is 1. The molecule has 0 radical (unpaired) electrons. The first-order chi connectivity index (χ1) is 13.0. The van der Waals surface area contributed by atoms with E-state index in [4.69, 9.17) is 20.8 Å². The number of pyridine rings is 1. The molecule has 0 spiro atoms. The van der Waals surface area contributed by atoms with E-state index >= 15 is 0 Å². The number of rotatable bonds is 7. The molecule has 0 aliphatic carbocycles. The number of anilines is 1. The minimum absolute atomic E-state index is 0.232. The number of benzene rings is 1. The highest BCUT2D eigenvalue weighted by atomic mass is 35.5. The number of carbonyl (C=O) groups is 1. The second kappa shape index (κ2) is 8.88. The van der Waals surface area contributed by atoms with E-state index in [0.29, 0.717) is 23.2 Å². The molecule has 0 saturated carbocycles.